The fraction of sp³-hybridized carbons (Fsp3) is 0.375. The summed E-state index contributed by atoms with van der Waals surface area (Å²) in [5.74, 6) is -0.321. The fourth-order valence-corrected chi connectivity index (χ4v) is 3.98. The molecule has 158 valence electrons. The van der Waals surface area contributed by atoms with Crippen LogP contribution in [0.5, 0.6) is 0 Å². The van der Waals surface area contributed by atoms with Crippen LogP contribution in [-0.2, 0) is 16.0 Å². The van der Waals surface area contributed by atoms with Crippen molar-refractivity contribution in [3.63, 3.8) is 0 Å². The molecule has 0 bridgehead atoms. The maximum atomic E-state index is 13.0. The maximum absolute atomic E-state index is 13.0. The molecule has 1 aliphatic rings. The van der Waals surface area contributed by atoms with Gasteiger partial charge in [0.1, 0.15) is 0 Å². The Kier molecular flexibility index (Phi) is 6.87. The molecule has 0 radical (unpaired) electrons. The number of benzene rings is 2. The Morgan fingerprint density at radius 2 is 1.87 bits per heavy atom. The fourth-order valence-electron chi connectivity index (χ4n) is 3.98. The van der Waals surface area contributed by atoms with Crippen molar-refractivity contribution in [1.82, 2.24) is 4.90 Å². The van der Waals surface area contributed by atoms with Crippen molar-refractivity contribution in [1.29, 1.82) is 0 Å². The van der Waals surface area contributed by atoms with Crippen LogP contribution in [0.25, 0.3) is 0 Å². The highest BCUT2D eigenvalue weighted by Crippen LogP contribution is 2.35. The van der Waals surface area contributed by atoms with Crippen LogP contribution < -0.4 is 5.32 Å². The van der Waals surface area contributed by atoms with Gasteiger partial charge in [0.05, 0.1) is 12.0 Å². The van der Waals surface area contributed by atoms with Gasteiger partial charge in [0.15, 0.2) is 5.78 Å². The third-order valence-corrected chi connectivity index (χ3v) is 5.48. The van der Waals surface area contributed by atoms with Crippen LogP contribution in [0.1, 0.15) is 42.6 Å². The van der Waals surface area contributed by atoms with E-state index in [1.165, 1.54) is 6.92 Å². The lowest BCUT2D eigenvalue weighted by molar-refractivity contribution is -0.158. The number of nitrogens with one attached hydrogen (secondary N) is 1. The highest BCUT2D eigenvalue weighted by atomic mass is 16.5. The Hall–Kier alpha value is -3.15. The van der Waals surface area contributed by atoms with Crippen molar-refractivity contribution < 1.29 is 19.1 Å². The second kappa shape index (κ2) is 9.57. The van der Waals surface area contributed by atoms with Crippen molar-refractivity contribution in [2.24, 2.45) is 5.41 Å². The van der Waals surface area contributed by atoms with Crippen molar-refractivity contribution in [3.05, 3.63) is 65.7 Å². The quantitative estimate of drug-likeness (QED) is 0.571. The van der Waals surface area contributed by atoms with Crippen molar-refractivity contribution in [2.45, 2.75) is 33.1 Å². The van der Waals surface area contributed by atoms with Crippen LogP contribution >= 0.6 is 0 Å². The normalized spacial score (nSPS) is 18.5. The Morgan fingerprint density at radius 3 is 2.57 bits per heavy atom. The lowest BCUT2D eigenvalue weighted by atomic mass is 9.75. The number of urea groups is 1. The minimum Gasteiger partial charge on any atom is -0.466 e. The zero-order valence-corrected chi connectivity index (χ0v) is 17.5. The van der Waals surface area contributed by atoms with Crippen LogP contribution in [0.15, 0.2) is 54.6 Å². The van der Waals surface area contributed by atoms with E-state index in [1.54, 1.807) is 36.1 Å². The van der Waals surface area contributed by atoms with Crippen LogP contribution in [0.2, 0.25) is 0 Å². The maximum Gasteiger partial charge on any atom is 0.321 e. The number of hydrogen-bond acceptors (Lipinski definition) is 4. The average Bonchev–Trinajstić information content (AvgIpc) is 2.75. The van der Waals surface area contributed by atoms with Gasteiger partial charge in [-0.05, 0) is 50.8 Å². The molecule has 0 aromatic heterocycles. The topological polar surface area (TPSA) is 75.7 Å². The molecule has 0 saturated carbocycles. The number of amides is 2. The molecular weight excluding hydrogens is 380 g/mol. The van der Waals surface area contributed by atoms with Gasteiger partial charge in [0.25, 0.3) is 0 Å². The number of Topliss-reactive ketones (excluding diaryl/α,β-unsaturated/α-hetero) is 1. The first-order chi connectivity index (χ1) is 14.4. The minimum absolute atomic E-state index is 0.0618. The van der Waals surface area contributed by atoms with E-state index >= 15 is 0 Å². The van der Waals surface area contributed by atoms with E-state index in [4.69, 9.17) is 4.74 Å². The summed E-state index contributed by atoms with van der Waals surface area (Å²) in [7, 11) is 0. The molecule has 1 heterocycles. The molecule has 1 atom stereocenters. The molecule has 2 aromatic carbocycles. The minimum atomic E-state index is -0.770. The molecule has 0 aliphatic carbocycles. The standard InChI is InChI=1S/C24H28N2O4/c1-3-30-22(28)24(16-19-9-5-4-6-10-19)13-8-14-26(17-24)23(29)25-21-12-7-11-20(15-21)18(2)27/h4-7,9-12,15H,3,8,13-14,16-17H2,1-2H3,(H,25,29)/t24-/m0/s1. The number of likely N-dealkylation sites (tertiary alicyclic amines) is 1. The first kappa shape index (κ1) is 21.6. The predicted octanol–water partition coefficient (Wildman–Crippen LogP) is 4.31. The number of ketones is 1. The second-order valence-corrected chi connectivity index (χ2v) is 7.76. The molecule has 1 aliphatic heterocycles. The van der Waals surface area contributed by atoms with Gasteiger partial charge in [-0.25, -0.2) is 4.79 Å². The molecule has 2 aromatic rings. The summed E-state index contributed by atoms with van der Waals surface area (Å²) in [6, 6.07) is 16.4. The Balaban J connectivity index is 1.79. The van der Waals surface area contributed by atoms with Gasteiger partial charge in [-0.2, -0.15) is 0 Å². The number of piperidine rings is 1. The van der Waals surface area contributed by atoms with Crippen LogP contribution in [-0.4, -0.2) is 42.4 Å². The molecule has 1 fully saturated rings. The Bertz CT molecular complexity index is 912. The molecule has 2 amide bonds. The zero-order valence-electron chi connectivity index (χ0n) is 17.5. The van der Waals surface area contributed by atoms with E-state index in [9.17, 15) is 14.4 Å². The first-order valence-corrected chi connectivity index (χ1v) is 10.3. The smallest absolute Gasteiger partial charge is 0.321 e. The molecule has 0 spiro atoms. The zero-order chi connectivity index (χ0) is 21.6. The van der Waals surface area contributed by atoms with Gasteiger partial charge >= 0.3 is 12.0 Å². The summed E-state index contributed by atoms with van der Waals surface area (Å²) < 4.78 is 5.41. The second-order valence-electron chi connectivity index (χ2n) is 7.76. The lowest BCUT2D eigenvalue weighted by Gasteiger charge is -2.41. The first-order valence-electron chi connectivity index (χ1n) is 10.3. The summed E-state index contributed by atoms with van der Waals surface area (Å²) in [6.45, 7) is 4.44. The summed E-state index contributed by atoms with van der Waals surface area (Å²) in [5.41, 5.74) is 1.37. The molecule has 6 nitrogen and oxygen atoms in total. The number of nitrogens with zero attached hydrogens (tertiary/aromatic N) is 1. The number of rotatable bonds is 6. The monoisotopic (exact) mass is 408 g/mol. The van der Waals surface area contributed by atoms with E-state index in [2.05, 4.69) is 5.32 Å². The predicted molar refractivity (Wildman–Crippen MR) is 115 cm³/mol. The average molecular weight is 408 g/mol. The lowest BCUT2D eigenvalue weighted by Crippen LogP contribution is -2.52. The Labute approximate surface area is 177 Å². The van der Waals surface area contributed by atoms with Gasteiger partial charge < -0.3 is 15.0 Å². The van der Waals surface area contributed by atoms with E-state index in [-0.39, 0.29) is 17.8 Å². The van der Waals surface area contributed by atoms with Crippen molar-refractivity contribution in [2.75, 3.05) is 25.0 Å². The molecular formula is C24H28N2O4. The molecule has 30 heavy (non-hydrogen) atoms. The summed E-state index contributed by atoms with van der Waals surface area (Å²) in [5, 5.41) is 2.86. The highest BCUT2D eigenvalue weighted by Gasteiger charge is 2.44. The van der Waals surface area contributed by atoms with E-state index < -0.39 is 5.41 Å². The van der Waals surface area contributed by atoms with Crippen molar-refractivity contribution >= 4 is 23.5 Å². The van der Waals surface area contributed by atoms with Crippen LogP contribution in [0.3, 0.4) is 0 Å². The van der Waals surface area contributed by atoms with E-state index in [1.807, 2.05) is 30.3 Å². The third-order valence-electron chi connectivity index (χ3n) is 5.48. The van der Waals surface area contributed by atoms with Gasteiger partial charge in [-0.3, -0.25) is 9.59 Å². The number of carbonyl (C=O) groups is 3. The van der Waals surface area contributed by atoms with Gasteiger partial charge in [0.2, 0.25) is 0 Å². The number of ether oxygens (including phenoxy) is 1. The number of anilines is 1. The number of esters is 1. The molecule has 1 saturated heterocycles. The molecule has 1 N–H and O–H groups in total. The summed E-state index contributed by atoms with van der Waals surface area (Å²) in [6.07, 6.45) is 1.91. The highest BCUT2D eigenvalue weighted by molar-refractivity contribution is 5.96. The van der Waals surface area contributed by atoms with Gasteiger partial charge in [-0.15, -0.1) is 0 Å². The van der Waals surface area contributed by atoms with Gasteiger partial charge in [-0.1, -0.05) is 42.5 Å². The Morgan fingerprint density at radius 1 is 1.10 bits per heavy atom. The van der Waals surface area contributed by atoms with Crippen LogP contribution in [0, 0.1) is 5.41 Å². The molecule has 0 unspecified atom stereocenters. The summed E-state index contributed by atoms with van der Waals surface area (Å²) >= 11 is 0. The van der Waals surface area contributed by atoms with E-state index in [0.717, 1.165) is 5.56 Å². The largest absolute Gasteiger partial charge is 0.466 e. The molecule has 6 heteroatoms. The number of carbonyl (C=O) groups excluding carboxylic acids is 3. The molecule has 3 rings (SSSR count). The van der Waals surface area contributed by atoms with Crippen molar-refractivity contribution in [3.8, 4) is 0 Å². The van der Waals surface area contributed by atoms with Gasteiger partial charge in [0, 0.05) is 24.3 Å². The number of hydrogen-bond donors (Lipinski definition) is 1. The SMILES string of the molecule is CCOC(=O)[C@]1(Cc2ccccc2)CCCN(C(=O)Nc2cccc(C(C)=O)c2)C1. The van der Waals surface area contributed by atoms with E-state index in [0.29, 0.717) is 50.2 Å². The summed E-state index contributed by atoms with van der Waals surface area (Å²) in [4.78, 5) is 39.2. The third kappa shape index (κ3) is 5.06. The van der Waals surface area contributed by atoms with Crippen LogP contribution in [0.4, 0.5) is 10.5 Å².